The van der Waals surface area contributed by atoms with Crippen LogP contribution in [0.5, 0.6) is 0 Å². The van der Waals surface area contributed by atoms with E-state index in [1.165, 1.54) is 24.3 Å². The number of rotatable bonds is 3. The van der Waals surface area contributed by atoms with Crippen LogP contribution in [0.15, 0.2) is 36.4 Å². The summed E-state index contributed by atoms with van der Waals surface area (Å²) in [5.41, 5.74) is 0.500. The van der Waals surface area contributed by atoms with Crippen molar-refractivity contribution in [3.05, 3.63) is 63.1 Å². The molecule has 0 saturated carbocycles. The number of benzene rings is 2. The summed E-state index contributed by atoms with van der Waals surface area (Å²) in [6, 6.07) is 9.26. The quantitative estimate of drug-likeness (QED) is 0.367. The van der Waals surface area contributed by atoms with Crippen molar-refractivity contribution in [1.29, 1.82) is 0 Å². The predicted molar refractivity (Wildman–Crippen MR) is 158 cm³/mol. The van der Waals surface area contributed by atoms with Gasteiger partial charge in [-0.1, -0.05) is 23.2 Å². The predicted octanol–water partition coefficient (Wildman–Crippen LogP) is 6.68. The number of ether oxygens (including phenoxy) is 1. The van der Waals surface area contributed by atoms with E-state index < -0.39 is 17.4 Å². The Labute approximate surface area is 250 Å². The minimum Gasteiger partial charge on any atom is -0.444 e. The Kier molecular flexibility index (Phi) is 8.35. The maximum atomic E-state index is 13.4. The van der Waals surface area contributed by atoms with E-state index in [1.807, 2.05) is 30.6 Å². The zero-order chi connectivity index (χ0) is 29.5. The van der Waals surface area contributed by atoms with Crippen molar-refractivity contribution in [3.8, 4) is 0 Å². The molecule has 1 unspecified atom stereocenters. The molecule has 2 aromatic carbocycles. The van der Waals surface area contributed by atoms with Crippen molar-refractivity contribution in [2.24, 2.45) is 11.8 Å². The molecule has 0 aromatic heterocycles. The van der Waals surface area contributed by atoms with E-state index in [-0.39, 0.29) is 33.8 Å². The summed E-state index contributed by atoms with van der Waals surface area (Å²) in [6.07, 6.45) is 4.49. The molecule has 4 amide bonds. The van der Waals surface area contributed by atoms with Gasteiger partial charge in [0, 0.05) is 36.8 Å². The number of hydrogen-bond acceptors (Lipinski definition) is 5. The molecule has 5 rings (SSSR count). The van der Waals surface area contributed by atoms with Crippen LogP contribution in [0.4, 0.5) is 10.5 Å². The van der Waals surface area contributed by atoms with Gasteiger partial charge in [0.1, 0.15) is 5.60 Å². The summed E-state index contributed by atoms with van der Waals surface area (Å²) in [5.74, 6) is -0.179. The highest BCUT2D eigenvalue weighted by Gasteiger charge is 2.39. The Morgan fingerprint density at radius 3 is 2.12 bits per heavy atom. The van der Waals surface area contributed by atoms with Crippen LogP contribution in [-0.4, -0.2) is 65.4 Å². The van der Waals surface area contributed by atoms with E-state index in [9.17, 15) is 19.2 Å². The van der Waals surface area contributed by atoms with E-state index >= 15 is 0 Å². The van der Waals surface area contributed by atoms with E-state index in [4.69, 9.17) is 27.9 Å². The van der Waals surface area contributed by atoms with Crippen LogP contribution >= 0.6 is 23.2 Å². The van der Waals surface area contributed by atoms with Gasteiger partial charge in [0.25, 0.3) is 17.7 Å². The van der Waals surface area contributed by atoms with Crippen LogP contribution in [0.1, 0.15) is 83.9 Å². The number of amides is 4. The lowest BCUT2D eigenvalue weighted by Crippen LogP contribution is -2.40. The Hall–Kier alpha value is -3.10. The van der Waals surface area contributed by atoms with Gasteiger partial charge < -0.3 is 14.5 Å². The summed E-state index contributed by atoms with van der Waals surface area (Å²) in [6.45, 7) is 8.31. The molecule has 2 fully saturated rings. The first kappa shape index (κ1) is 29.4. The molecule has 8 nitrogen and oxygen atoms in total. The van der Waals surface area contributed by atoms with Crippen molar-refractivity contribution in [1.82, 2.24) is 9.80 Å². The van der Waals surface area contributed by atoms with Gasteiger partial charge in [0.15, 0.2) is 0 Å². The zero-order valence-electron chi connectivity index (χ0n) is 23.6. The summed E-state index contributed by atoms with van der Waals surface area (Å²) < 4.78 is 5.56. The molecular weight excluding hydrogens is 565 g/mol. The average Bonchev–Trinajstić information content (AvgIpc) is 3.08. The number of carbonyl (C=O) groups excluding carboxylic acids is 4. The van der Waals surface area contributed by atoms with Gasteiger partial charge in [-0.15, -0.1) is 0 Å². The van der Waals surface area contributed by atoms with Crippen molar-refractivity contribution in [2.75, 3.05) is 31.1 Å². The molecule has 0 N–H and O–H groups in total. The van der Waals surface area contributed by atoms with Gasteiger partial charge in [-0.2, -0.15) is 0 Å². The van der Waals surface area contributed by atoms with Crippen molar-refractivity contribution >= 4 is 52.7 Å². The van der Waals surface area contributed by atoms with E-state index in [1.54, 1.807) is 12.1 Å². The van der Waals surface area contributed by atoms with Crippen LogP contribution in [-0.2, 0) is 4.74 Å². The van der Waals surface area contributed by atoms with Crippen molar-refractivity contribution in [2.45, 2.75) is 58.5 Å². The Morgan fingerprint density at radius 1 is 0.805 bits per heavy atom. The van der Waals surface area contributed by atoms with Crippen LogP contribution in [0.25, 0.3) is 0 Å². The number of hydrogen-bond donors (Lipinski definition) is 0. The van der Waals surface area contributed by atoms with E-state index in [0.29, 0.717) is 48.6 Å². The number of likely N-dealkylation sites (tertiary alicyclic amines) is 2. The molecular formula is C31H35Cl2N3O5. The standard InChI is InChI=1S/C31H35Cl2N3O5/c1-31(2,3)41-30(40)35-13-4-5-19(12-16-35)20-10-14-34(15-11-20)27(37)21-6-8-23-24(17-21)29(39)36(28(23)38)26-18-22(32)7-9-25(26)33/h6-9,17-20H,4-5,10-16H2,1-3H3. The maximum Gasteiger partial charge on any atom is 0.410 e. The first-order chi connectivity index (χ1) is 19.4. The van der Waals surface area contributed by atoms with Crippen LogP contribution in [0, 0.1) is 11.8 Å². The molecule has 1 atom stereocenters. The van der Waals surface area contributed by atoms with Gasteiger partial charge in [0.05, 0.1) is 21.8 Å². The Bertz CT molecular complexity index is 1380. The second kappa shape index (κ2) is 11.6. The normalized spacial score (nSPS) is 20.2. The SMILES string of the molecule is CC(C)(C)OC(=O)N1CCCC(C2CCN(C(=O)c3ccc4c(c3)C(=O)N(c3cc(Cl)ccc3Cl)C4=O)CC2)CC1. The number of anilines is 1. The Morgan fingerprint density at radius 2 is 1.44 bits per heavy atom. The number of fused-ring (bicyclic) bond motifs is 1. The molecule has 0 aliphatic carbocycles. The molecule has 2 saturated heterocycles. The zero-order valence-corrected chi connectivity index (χ0v) is 25.1. The topological polar surface area (TPSA) is 87.2 Å². The van der Waals surface area contributed by atoms with Gasteiger partial charge in [-0.3, -0.25) is 14.4 Å². The molecule has 41 heavy (non-hydrogen) atoms. The lowest BCUT2D eigenvalue weighted by atomic mass is 9.80. The van der Waals surface area contributed by atoms with Crippen molar-refractivity contribution < 1.29 is 23.9 Å². The van der Waals surface area contributed by atoms with Gasteiger partial charge >= 0.3 is 6.09 Å². The molecule has 0 spiro atoms. The van der Waals surface area contributed by atoms with E-state index in [0.717, 1.165) is 37.0 Å². The number of nitrogens with zero attached hydrogens (tertiary/aromatic N) is 3. The minimum atomic E-state index is -0.531. The summed E-state index contributed by atoms with van der Waals surface area (Å²) >= 11 is 12.3. The molecule has 2 aromatic rings. The van der Waals surface area contributed by atoms with Crippen LogP contribution in [0.2, 0.25) is 10.0 Å². The fraction of sp³-hybridized carbons (Fsp3) is 0.484. The fourth-order valence-electron chi connectivity index (χ4n) is 6.11. The largest absolute Gasteiger partial charge is 0.444 e. The number of carbonyl (C=O) groups is 4. The van der Waals surface area contributed by atoms with Gasteiger partial charge in [0.2, 0.25) is 0 Å². The number of imide groups is 1. The molecule has 3 heterocycles. The minimum absolute atomic E-state index is 0.150. The molecule has 218 valence electrons. The number of piperidine rings is 1. The average molecular weight is 601 g/mol. The Balaban J connectivity index is 1.20. The smallest absolute Gasteiger partial charge is 0.410 e. The monoisotopic (exact) mass is 599 g/mol. The molecule has 3 aliphatic heterocycles. The van der Waals surface area contributed by atoms with Gasteiger partial charge in [-0.25, -0.2) is 9.69 Å². The third-order valence-corrected chi connectivity index (χ3v) is 8.76. The highest BCUT2D eigenvalue weighted by Crippen LogP contribution is 2.36. The summed E-state index contributed by atoms with van der Waals surface area (Å²) in [5, 5.41) is 0.582. The lowest BCUT2D eigenvalue weighted by Gasteiger charge is -2.36. The highest BCUT2D eigenvalue weighted by molar-refractivity contribution is 6.41. The van der Waals surface area contributed by atoms with Crippen molar-refractivity contribution in [3.63, 3.8) is 0 Å². The molecule has 0 bridgehead atoms. The van der Waals surface area contributed by atoms with E-state index in [2.05, 4.69) is 0 Å². The third kappa shape index (κ3) is 6.24. The first-order valence-electron chi connectivity index (χ1n) is 14.2. The summed E-state index contributed by atoms with van der Waals surface area (Å²) in [4.78, 5) is 56.9. The first-order valence-corrected chi connectivity index (χ1v) is 14.9. The second-order valence-corrected chi connectivity index (χ2v) is 12.9. The highest BCUT2D eigenvalue weighted by atomic mass is 35.5. The molecule has 3 aliphatic rings. The molecule has 0 radical (unpaired) electrons. The number of halogens is 2. The summed E-state index contributed by atoms with van der Waals surface area (Å²) in [7, 11) is 0. The fourth-order valence-corrected chi connectivity index (χ4v) is 6.48. The van der Waals surface area contributed by atoms with Gasteiger partial charge in [-0.05, 0) is 101 Å². The van der Waals surface area contributed by atoms with Crippen LogP contribution in [0.3, 0.4) is 0 Å². The second-order valence-electron chi connectivity index (χ2n) is 12.1. The van der Waals surface area contributed by atoms with Crippen LogP contribution < -0.4 is 4.90 Å². The third-order valence-electron chi connectivity index (χ3n) is 8.20. The lowest BCUT2D eigenvalue weighted by molar-refractivity contribution is 0.0251. The maximum absolute atomic E-state index is 13.4. The molecule has 10 heteroatoms.